The van der Waals surface area contributed by atoms with E-state index in [2.05, 4.69) is 10.0 Å². The van der Waals surface area contributed by atoms with Crippen molar-refractivity contribution in [1.29, 1.82) is 0 Å². The Morgan fingerprint density at radius 1 is 1.12 bits per heavy atom. The van der Waals surface area contributed by atoms with Gasteiger partial charge in [0.25, 0.3) is 5.91 Å². The molecule has 138 valence electrons. The number of nitrogens with one attached hydrogen (secondary N) is 2. The van der Waals surface area contributed by atoms with E-state index in [4.69, 9.17) is 9.47 Å². The third-order valence-corrected chi connectivity index (χ3v) is 5.09. The number of ether oxygens (including phenoxy) is 2. The molecule has 0 fully saturated rings. The van der Waals surface area contributed by atoms with Crippen LogP contribution in [0.1, 0.15) is 31.1 Å². The van der Waals surface area contributed by atoms with E-state index < -0.39 is 11.0 Å². The number of carbonyl (C=O) groups excluding carboxylic acids is 1. The fraction of sp³-hybridized carbons (Fsp3) is 0.316. The van der Waals surface area contributed by atoms with Gasteiger partial charge >= 0.3 is 0 Å². The summed E-state index contributed by atoms with van der Waals surface area (Å²) in [6.45, 7) is 6.19. The molecule has 26 heavy (non-hydrogen) atoms. The Hall–Kier alpha value is -2.54. The van der Waals surface area contributed by atoms with E-state index in [-0.39, 0.29) is 17.3 Å². The van der Waals surface area contributed by atoms with E-state index in [1.165, 1.54) is 0 Å². The molecule has 0 radical (unpaired) electrons. The zero-order valence-corrected chi connectivity index (χ0v) is 15.8. The first-order valence-corrected chi connectivity index (χ1v) is 9.66. The molecular formula is C19H22N2O4S. The van der Waals surface area contributed by atoms with Crippen molar-refractivity contribution in [3.8, 4) is 11.5 Å². The molecule has 2 aromatic carbocycles. The van der Waals surface area contributed by atoms with Gasteiger partial charge in [-0.2, -0.15) is 0 Å². The summed E-state index contributed by atoms with van der Waals surface area (Å²) in [6, 6.07) is 12.2. The molecule has 2 unspecified atom stereocenters. The zero-order chi connectivity index (χ0) is 18.7. The number of hydrogen-bond donors (Lipinski definition) is 2. The van der Waals surface area contributed by atoms with Crippen molar-refractivity contribution in [3.63, 3.8) is 0 Å². The molecule has 1 heterocycles. The maximum Gasteiger partial charge on any atom is 0.255 e. The quantitative estimate of drug-likeness (QED) is 0.839. The Bertz CT molecular complexity index is 821. The highest BCUT2D eigenvalue weighted by molar-refractivity contribution is 7.86. The molecule has 0 saturated heterocycles. The maximum atomic E-state index is 12.4. The molecule has 0 aromatic heterocycles. The van der Waals surface area contributed by atoms with E-state index >= 15 is 0 Å². The number of hydrogen-bond acceptors (Lipinski definition) is 4. The number of anilines is 2. The summed E-state index contributed by atoms with van der Waals surface area (Å²) in [4.78, 5) is 12.4. The van der Waals surface area contributed by atoms with Crippen LogP contribution in [0.2, 0.25) is 0 Å². The van der Waals surface area contributed by atoms with Gasteiger partial charge < -0.3 is 19.5 Å². The SMILES string of the molecule is CC1COc2ccc(NC(=O)c3ccc(NS(=O)C(C)C)cc3)cc2O1. The third-order valence-electron chi connectivity index (χ3n) is 3.80. The predicted molar refractivity (Wildman–Crippen MR) is 103 cm³/mol. The standard InChI is InChI=1S/C19H22N2O4S/c1-12(2)26(23)21-15-6-4-14(5-7-15)19(22)20-16-8-9-17-18(10-16)25-13(3)11-24-17/h4-10,12-13,21H,11H2,1-3H3,(H,20,22). The highest BCUT2D eigenvalue weighted by atomic mass is 32.2. The van der Waals surface area contributed by atoms with E-state index in [1.54, 1.807) is 42.5 Å². The molecule has 7 heteroatoms. The number of benzene rings is 2. The first-order chi connectivity index (χ1) is 12.4. The molecule has 0 aliphatic carbocycles. The summed E-state index contributed by atoms with van der Waals surface area (Å²) in [5, 5.41) is 2.86. The molecular weight excluding hydrogens is 352 g/mol. The lowest BCUT2D eigenvalue weighted by molar-refractivity contribution is 0.102. The molecule has 1 amide bonds. The lowest BCUT2D eigenvalue weighted by Crippen LogP contribution is -2.25. The molecule has 6 nitrogen and oxygen atoms in total. The van der Waals surface area contributed by atoms with Crippen LogP contribution in [0.15, 0.2) is 42.5 Å². The van der Waals surface area contributed by atoms with Crippen molar-refractivity contribution in [2.45, 2.75) is 32.1 Å². The largest absolute Gasteiger partial charge is 0.486 e. The Balaban J connectivity index is 1.66. The van der Waals surface area contributed by atoms with Gasteiger partial charge in [-0.25, -0.2) is 4.21 Å². The van der Waals surface area contributed by atoms with E-state index in [0.717, 1.165) is 0 Å². The van der Waals surface area contributed by atoms with Gasteiger partial charge in [0.05, 0.1) is 0 Å². The summed E-state index contributed by atoms with van der Waals surface area (Å²) in [5.41, 5.74) is 1.85. The Kier molecular flexibility index (Phi) is 5.46. The number of amides is 1. The second-order valence-electron chi connectivity index (χ2n) is 6.38. The second kappa shape index (κ2) is 7.78. The molecule has 2 atom stereocenters. The van der Waals surface area contributed by atoms with Crippen LogP contribution in [0, 0.1) is 0 Å². The van der Waals surface area contributed by atoms with Gasteiger partial charge in [0.1, 0.15) is 23.7 Å². The van der Waals surface area contributed by atoms with Crippen molar-refractivity contribution in [1.82, 2.24) is 0 Å². The number of carbonyl (C=O) groups is 1. The van der Waals surface area contributed by atoms with Crippen molar-refractivity contribution in [3.05, 3.63) is 48.0 Å². The molecule has 2 aromatic rings. The molecule has 1 aliphatic heterocycles. The second-order valence-corrected chi connectivity index (χ2v) is 8.12. The molecule has 1 aliphatic rings. The molecule has 0 spiro atoms. The van der Waals surface area contributed by atoms with E-state index in [1.807, 2.05) is 20.8 Å². The lowest BCUT2D eigenvalue weighted by Gasteiger charge is -2.24. The summed E-state index contributed by atoms with van der Waals surface area (Å²) in [6.07, 6.45) is -0.0233. The van der Waals surface area contributed by atoms with Crippen molar-refractivity contribution in [2.24, 2.45) is 0 Å². The van der Waals surface area contributed by atoms with Gasteiger partial charge in [0.15, 0.2) is 11.5 Å². The summed E-state index contributed by atoms with van der Waals surface area (Å²) in [5.74, 6) is 1.07. The van der Waals surface area contributed by atoms with Crippen molar-refractivity contribution < 1.29 is 18.5 Å². The Morgan fingerprint density at radius 2 is 1.81 bits per heavy atom. The van der Waals surface area contributed by atoms with Gasteiger partial charge in [-0.3, -0.25) is 4.79 Å². The topological polar surface area (TPSA) is 76.7 Å². The van der Waals surface area contributed by atoms with Crippen LogP contribution in [-0.2, 0) is 11.0 Å². The molecule has 0 bridgehead atoms. The van der Waals surface area contributed by atoms with E-state index in [0.29, 0.717) is 35.0 Å². The van der Waals surface area contributed by atoms with Gasteiger partial charge in [0, 0.05) is 28.3 Å². The van der Waals surface area contributed by atoms with Crippen LogP contribution >= 0.6 is 0 Å². The van der Waals surface area contributed by atoms with Gasteiger partial charge in [-0.15, -0.1) is 0 Å². The highest BCUT2D eigenvalue weighted by Crippen LogP contribution is 2.34. The molecule has 2 N–H and O–H groups in total. The Labute approximate surface area is 155 Å². The van der Waals surface area contributed by atoms with Gasteiger partial charge in [-0.05, 0) is 57.2 Å². The number of fused-ring (bicyclic) bond motifs is 1. The average Bonchev–Trinajstić information content (AvgIpc) is 2.61. The van der Waals surface area contributed by atoms with Crippen LogP contribution < -0.4 is 19.5 Å². The van der Waals surface area contributed by atoms with Crippen molar-refractivity contribution >= 4 is 28.3 Å². The highest BCUT2D eigenvalue weighted by Gasteiger charge is 2.18. The van der Waals surface area contributed by atoms with Crippen LogP contribution in [0.3, 0.4) is 0 Å². The Morgan fingerprint density at radius 3 is 2.50 bits per heavy atom. The fourth-order valence-electron chi connectivity index (χ4n) is 2.38. The third kappa shape index (κ3) is 4.35. The normalized spacial score (nSPS) is 16.8. The lowest BCUT2D eigenvalue weighted by atomic mass is 10.2. The van der Waals surface area contributed by atoms with Crippen LogP contribution in [-0.4, -0.2) is 28.1 Å². The molecule has 3 rings (SSSR count). The zero-order valence-electron chi connectivity index (χ0n) is 14.9. The summed E-state index contributed by atoms with van der Waals surface area (Å²) < 4.78 is 26.0. The van der Waals surface area contributed by atoms with E-state index in [9.17, 15) is 9.00 Å². The summed E-state index contributed by atoms with van der Waals surface area (Å²) >= 11 is 0. The smallest absolute Gasteiger partial charge is 0.255 e. The monoisotopic (exact) mass is 374 g/mol. The predicted octanol–water partition coefficient (Wildman–Crippen LogP) is 3.58. The number of rotatable bonds is 5. The van der Waals surface area contributed by atoms with Gasteiger partial charge in [-0.1, -0.05) is 0 Å². The first-order valence-electron chi connectivity index (χ1n) is 8.44. The summed E-state index contributed by atoms with van der Waals surface area (Å²) in [7, 11) is -1.15. The first kappa shape index (κ1) is 18.3. The molecule has 0 saturated carbocycles. The minimum absolute atomic E-state index is 0.0101. The van der Waals surface area contributed by atoms with Crippen LogP contribution in [0.5, 0.6) is 11.5 Å². The van der Waals surface area contributed by atoms with Crippen LogP contribution in [0.25, 0.3) is 0 Å². The van der Waals surface area contributed by atoms with Crippen LogP contribution in [0.4, 0.5) is 11.4 Å². The minimum atomic E-state index is -1.15. The minimum Gasteiger partial charge on any atom is -0.486 e. The average molecular weight is 374 g/mol. The fourth-order valence-corrected chi connectivity index (χ4v) is 2.99. The van der Waals surface area contributed by atoms with Crippen molar-refractivity contribution in [2.75, 3.05) is 16.6 Å². The maximum absolute atomic E-state index is 12.4. The van der Waals surface area contributed by atoms with Gasteiger partial charge in [0.2, 0.25) is 0 Å².